The zero-order valence-electron chi connectivity index (χ0n) is 13.4. The maximum Gasteiger partial charge on any atom is 0.151 e. The monoisotopic (exact) mass is 302 g/mol. The van der Waals surface area contributed by atoms with Crippen molar-refractivity contribution in [3.8, 4) is 0 Å². The molecule has 2 heterocycles. The maximum atomic E-state index is 6.00. The molecule has 2 unspecified atom stereocenters. The van der Waals surface area contributed by atoms with E-state index in [2.05, 4.69) is 39.1 Å². The Hall–Kier alpha value is -1.46. The second kappa shape index (κ2) is 7.70. The quantitative estimate of drug-likeness (QED) is 0.779. The standard InChI is InChI=1S/C17H26N4O/c1-2-20(17-9-6-10-18-19-17)13-16-14-21(11-12-22-16)15-7-4-3-5-8-15/h4,6-7,9-10,15-16H,2-3,5,8,11-14H2,1H3. The molecule has 5 heteroatoms. The Labute approximate surface area is 133 Å². The number of aromatic nitrogens is 2. The number of hydrogen-bond acceptors (Lipinski definition) is 5. The topological polar surface area (TPSA) is 41.5 Å². The van der Waals surface area contributed by atoms with Gasteiger partial charge in [0.25, 0.3) is 0 Å². The molecule has 0 bridgehead atoms. The van der Waals surface area contributed by atoms with Gasteiger partial charge in [-0.15, -0.1) is 5.10 Å². The predicted octanol–water partition coefficient (Wildman–Crippen LogP) is 2.11. The van der Waals surface area contributed by atoms with Gasteiger partial charge in [-0.2, -0.15) is 5.10 Å². The normalized spacial score (nSPS) is 26.0. The van der Waals surface area contributed by atoms with Gasteiger partial charge in [0, 0.05) is 38.4 Å². The van der Waals surface area contributed by atoms with E-state index in [1.807, 2.05) is 12.1 Å². The summed E-state index contributed by atoms with van der Waals surface area (Å²) in [5, 5.41) is 8.20. The Morgan fingerprint density at radius 2 is 2.41 bits per heavy atom. The van der Waals surface area contributed by atoms with Gasteiger partial charge in [-0.05, 0) is 38.3 Å². The highest BCUT2D eigenvalue weighted by atomic mass is 16.5. The van der Waals surface area contributed by atoms with Crippen LogP contribution in [-0.2, 0) is 4.74 Å². The summed E-state index contributed by atoms with van der Waals surface area (Å²) in [5.41, 5.74) is 0. The molecule has 2 aliphatic rings. The van der Waals surface area contributed by atoms with Crippen LogP contribution in [0.4, 0.5) is 5.82 Å². The molecule has 1 aromatic rings. The van der Waals surface area contributed by atoms with E-state index in [0.717, 1.165) is 38.6 Å². The third kappa shape index (κ3) is 3.84. The van der Waals surface area contributed by atoms with Gasteiger partial charge in [-0.1, -0.05) is 12.2 Å². The number of hydrogen-bond donors (Lipinski definition) is 0. The summed E-state index contributed by atoms with van der Waals surface area (Å²) < 4.78 is 6.00. The first-order valence-electron chi connectivity index (χ1n) is 8.42. The van der Waals surface area contributed by atoms with Gasteiger partial charge in [0.15, 0.2) is 5.82 Å². The molecule has 3 rings (SSSR count). The Morgan fingerprint density at radius 3 is 3.14 bits per heavy atom. The maximum absolute atomic E-state index is 6.00. The van der Waals surface area contributed by atoms with Crippen LogP contribution in [0, 0.1) is 0 Å². The summed E-state index contributed by atoms with van der Waals surface area (Å²) in [6.45, 7) is 6.82. The highest BCUT2D eigenvalue weighted by Crippen LogP contribution is 2.20. The zero-order chi connectivity index (χ0) is 15.2. The van der Waals surface area contributed by atoms with Crippen molar-refractivity contribution in [3.05, 3.63) is 30.5 Å². The number of rotatable bonds is 5. The second-order valence-electron chi connectivity index (χ2n) is 6.03. The lowest BCUT2D eigenvalue weighted by Gasteiger charge is -2.39. The average Bonchev–Trinajstić information content (AvgIpc) is 2.61. The van der Waals surface area contributed by atoms with Gasteiger partial charge >= 0.3 is 0 Å². The van der Waals surface area contributed by atoms with E-state index in [0.29, 0.717) is 6.04 Å². The number of allylic oxidation sites excluding steroid dienone is 1. The van der Waals surface area contributed by atoms with Crippen molar-refractivity contribution in [1.82, 2.24) is 15.1 Å². The predicted molar refractivity (Wildman–Crippen MR) is 88.0 cm³/mol. The molecule has 5 nitrogen and oxygen atoms in total. The van der Waals surface area contributed by atoms with E-state index in [1.54, 1.807) is 6.20 Å². The van der Waals surface area contributed by atoms with Crippen LogP contribution in [0.15, 0.2) is 30.5 Å². The van der Waals surface area contributed by atoms with Crippen molar-refractivity contribution in [2.45, 2.75) is 38.3 Å². The lowest BCUT2D eigenvalue weighted by Crippen LogP contribution is -2.51. The minimum absolute atomic E-state index is 0.242. The van der Waals surface area contributed by atoms with Gasteiger partial charge in [-0.25, -0.2) is 0 Å². The highest BCUT2D eigenvalue weighted by molar-refractivity contribution is 5.36. The van der Waals surface area contributed by atoms with Crippen molar-refractivity contribution in [2.75, 3.05) is 37.7 Å². The largest absolute Gasteiger partial charge is 0.374 e. The molecule has 1 aromatic heterocycles. The fraction of sp³-hybridized carbons (Fsp3) is 0.647. The fourth-order valence-electron chi connectivity index (χ4n) is 3.34. The first-order valence-corrected chi connectivity index (χ1v) is 8.42. The van der Waals surface area contributed by atoms with E-state index >= 15 is 0 Å². The lowest BCUT2D eigenvalue weighted by molar-refractivity contribution is -0.0343. The molecule has 0 N–H and O–H groups in total. The summed E-state index contributed by atoms with van der Waals surface area (Å²) in [6, 6.07) is 4.55. The van der Waals surface area contributed by atoms with Crippen LogP contribution in [-0.4, -0.2) is 60.0 Å². The molecule has 0 amide bonds. The van der Waals surface area contributed by atoms with Gasteiger partial charge in [0.05, 0.1) is 12.7 Å². The Kier molecular flexibility index (Phi) is 5.40. The molecule has 1 saturated heterocycles. The lowest BCUT2D eigenvalue weighted by atomic mass is 10.0. The first kappa shape index (κ1) is 15.4. The molecular weight excluding hydrogens is 276 g/mol. The fourth-order valence-corrected chi connectivity index (χ4v) is 3.34. The third-order valence-electron chi connectivity index (χ3n) is 4.56. The number of ether oxygens (including phenoxy) is 1. The molecule has 0 radical (unpaired) electrons. The van der Waals surface area contributed by atoms with Crippen LogP contribution in [0.1, 0.15) is 26.2 Å². The molecule has 1 fully saturated rings. The third-order valence-corrected chi connectivity index (χ3v) is 4.56. The summed E-state index contributed by atoms with van der Waals surface area (Å²) >= 11 is 0. The number of anilines is 1. The van der Waals surface area contributed by atoms with E-state index in [1.165, 1.54) is 19.3 Å². The molecule has 22 heavy (non-hydrogen) atoms. The number of likely N-dealkylation sites (N-methyl/N-ethyl adjacent to an activating group) is 1. The molecular formula is C17H26N4O. The average molecular weight is 302 g/mol. The number of nitrogens with zero attached hydrogens (tertiary/aromatic N) is 4. The van der Waals surface area contributed by atoms with Crippen molar-refractivity contribution >= 4 is 5.82 Å². The Bertz CT molecular complexity index is 479. The van der Waals surface area contributed by atoms with Crippen LogP contribution >= 0.6 is 0 Å². The van der Waals surface area contributed by atoms with Crippen LogP contribution in [0.2, 0.25) is 0 Å². The molecule has 0 saturated carbocycles. The molecule has 120 valence electrons. The van der Waals surface area contributed by atoms with E-state index in [9.17, 15) is 0 Å². The summed E-state index contributed by atoms with van der Waals surface area (Å²) in [6.07, 6.45) is 10.5. The zero-order valence-corrected chi connectivity index (χ0v) is 13.4. The van der Waals surface area contributed by atoms with Gasteiger partial charge in [-0.3, -0.25) is 4.90 Å². The summed E-state index contributed by atoms with van der Waals surface area (Å²) in [5.74, 6) is 0.934. The van der Waals surface area contributed by atoms with Gasteiger partial charge < -0.3 is 9.64 Å². The van der Waals surface area contributed by atoms with Gasteiger partial charge in [0.1, 0.15) is 0 Å². The number of morpholine rings is 1. The second-order valence-corrected chi connectivity index (χ2v) is 6.03. The van der Waals surface area contributed by atoms with E-state index in [-0.39, 0.29) is 6.10 Å². The van der Waals surface area contributed by atoms with Crippen LogP contribution in [0.5, 0.6) is 0 Å². The Morgan fingerprint density at radius 1 is 1.45 bits per heavy atom. The van der Waals surface area contributed by atoms with Crippen LogP contribution in [0.25, 0.3) is 0 Å². The molecule has 1 aliphatic carbocycles. The SMILES string of the molecule is CCN(CC1CN(C2C=CCCC2)CCO1)c1cccnn1. The summed E-state index contributed by atoms with van der Waals surface area (Å²) in [4.78, 5) is 4.83. The van der Waals surface area contributed by atoms with Crippen LogP contribution < -0.4 is 4.90 Å². The molecule has 0 spiro atoms. The molecule has 2 atom stereocenters. The van der Waals surface area contributed by atoms with Crippen molar-refractivity contribution in [1.29, 1.82) is 0 Å². The van der Waals surface area contributed by atoms with Crippen molar-refractivity contribution < 1.29 is 4.74 Å². The smallest absolute Gasteiger partial charge is 0.151 e. The summed E-state index contributed by atoms with van der Waals surface area (Å²) in [7, 11) is 0. The van der Waals surface area contributed by atoms with Crippen molar-refractivity contribution in [3.63, 3.8) is 0 Å². The molecule has 1 aliphatic heterocycles. The van der Waals surface area contributed by atoms with E-state index in [4.69, 9.17) is 4.74 Å². The van der Waals surface area contributed by atoms with E-state index < -0.39 is 0 Å². The van der Waals surface area contributed by atoms with Crippen LogP contribution in [0.3, 0.4) is 0 Å². The van der Waals surface area contributed by atoms with Crippen molar-refractivity contribution in [2.24, 2.45) is 0 Å². The van der Waals surface area contributed by atoms with Gasteiger partial charge in [0.2, 0.25) is 0 Å². The minimum Gasteiger partial charge on any atom is -0.374 e. The highest BCUT2D eigenvalue weighted by Gasteiger charge is 2.27. The molecule has 0 aromatic carbocycles. The Balaban J connectivity index is 1.59. The minimum atomic E-state index is 0.242. The first-order chi connectivity index (χ1) is 10.9.